The summed E-state index contributed by atoms with van der Waals surface area (Å²) < 4.78 is 34.4. The Morgan fingerprint density at radius 3 is 2.47 bits per heavy atom. The van der Waals surface area contributed by atoms with Gasteiger partial charge in [-0.2, -0.15) is 0 Å². The van der Waals surface area contributed by atoms with Crippen molar-refractivity contribution in [3.05, 3.63) is 80.7 Å². The van der Waals surface area contributed by atoms with Gasteiger partial charge >= 0.3 is 0 Å². The van der Waals surface area contributed by atoms with Crippen molar-refractivity contribution in [3.63, 3.8) is 0 Å². The monoisotopic (exact) mass is 556 g/mol. The fraction of sp³-hybridized carbons (Fsp3) is 0.136. The average Bonchev–Trinajstić information content (AvgIpc) is 2.74. The molecule has 0 atom stereocenters. The van der Waals surface area contributed by atoms with Gasteiger partial charge in [-0.1, -0.05) is 51.3 Å². The van der Waals surface area contributed by atoms with E-state index >= 15 is 0 Å². The maximum atomic E-state index is 13.7. The lowest BCUT2D eigenvalue weighted by molar-refractivity contribution is -0.114. The molecule has 0 spiro atoms. The largest absolute Gasteiger partial charge is 0.495 e. The first-order valence-corrected chi connectivity index (χ1v) is 12.3. The van der Waals surface area contributed by atoms with E-state index in [-0.39, 0.29) is 26.4 Å². The lowest BCUT2D eigenvalue weighted by atomic mass is 10.2. The number of hydrogen-bond donors (Lipinski definition) is 1. The number of anilines is 2. The lowest BCUT2D eigenvalue weighted by Crippen LogP contribution is -2.38. The van der Waals surface area contributed by atoms with Crippen molar-refractivity contribution in [2.75, 3.05) is 23.3 Å². The molecular weight excluding hydrogens is 539 g/mol. The molecule has 3 aromatic rings. The van der Waals surface area contributed by atoms with Gasteiger partial charge in [0.25, 0.3) is 10.0 Å². The summed E-state index contributed by atoms with van der Waals surface area (Å²) in [6, 6.07) is 16.1. The topological polar surface area (TPSA) is 75.7 Å². The Morgan fingerprint density at radius 1 is 1.06 bits per heavy atom. The summed E-state index contributed by atoms with van der Waals surface area (Å²) in [5.74, 6) is -0.377. The van der Waals surface area contributed by atoms with E-state index in [0.29, 0.717) is 5.69 Å². The van der Waals surface area contributed by atoms with Crippen LogP contribution < -0.4 is 14.4 Å². The minimum Gasteiger partial charge on any atom is -0.495 e. The fourth-order valence-electron chi connectivity index (χ4n) is 2.96. The van der Waals surface area contributed by atoms with Crippen LogP contribution in [0.1, 0.15) is 5.56 Å². The molecule has 0 aliphatic heterocycles. The molecule has 0 aliphatic carbocycles. The van der Waals surface area contributed by atoms with Gasteiger partial charge in [0.1, 0.15) is 17.2 Å². The molecule has 32 heavy (non-hydrogen) atoms. The van der Waals surface area contributed by atoms with Crippen molar-refractivity contribution in [1.29, 1.82) is 0 Å². The molecule has 0 saturated carbocycles. The Morgan fingerprint density at radius 2 is 1.81 bits per heavy atom. The van der Waals surface area contributed by atoms with Crippen molar-refractivity contribution in [2.45, 2.75) is 11.8 Å². The van der Waals surface area contributed by atoms with Gasteiger partial charge in [-0.3, -0.25) is 9.10 Å². The third kappa shape index (κ3) is 5.56. The van der Waals surface area contributed by atoms with Gasteiger partial charge < -0.3 is 10.1 Å². The molecule has 6 nitrogen and oxygen atoms in total. The Bertz CT molecular complexity index is 1270. The van der Waals surface area contributed by atoms with Crippen LogP contribution in [0.5, 0.6) is 5.75 Å². The average molecular weight is 558 g/mol. The maximum Gasteiger partial charge on any atom is 0.268 e. The molecule has 10 heteroatoms. The summed E-state index contributed by atoms with van der Waals surface area (Å²) in [4.78, 5) is 12.8. The summed E-state index contributed by atoms with van der Waals surface area (Å²) in [7, 11) is -2.83. The van der Waals surface area contributed by atoms with Gasteiger partial charge in [0.15, 0.2) is 0 Å². The predicted octanol–water partition coefficient (Wildman–Crippen LogP) is 5.91. The van der Waals surface area contributed by atoms with Crippen LogP contribution in [-0.4, -0.2) is 28.0 Å². The summed E-state index contributed by atoms with van der Waals surface area (Å²) >= 11 is 15.5. The highest BCUT2D eigenvalue weighted by molar-refractivity contribution is 9.10. The van der Waals surface area contributed by atoms with E-state index in [1.165, 1.54) is 31.4 Å². The van der Waals surface area contributed by atoms with E-state index in [9.17, 15) is 13.2 Å². The van der Waals surface area contributed by atoms with E-state index in [1.807, 2.05) is 6.07 Å². The normalized spacial score (nSPS) is 11.2. The number of methoxy groups -OCH3 is 1. The Labute approximate surface area is 205 Å². The summed E-state index contributed by atoms with van der Waals surface area (Å²) in [6.07, 6.45) is 0. The molecule has 0 radical (unpaired) electrons. The number of rotatable bonds is 7. The molecule has 0 aromatic heterocycles. The third-order valence-corrected chi connectivity index (χ3v) is 7.50. The number of carbonyl (C=O) groups excluding carboxylic acids is 1. The van der Waals surface area contributed by atoms with E-state index in [1.54, 1.807) is 37.3 Å². The van der Waals surface area contributed by atoms with Crippen LogP contribution in [0, 0.1) is 6.92 Å². The van der Waals surface area contributed by atoms with Crippen molar-refractivity contribution >= 4 is 66.4 Å². The maximum absolute atomic E-state index is 13.7. The number of hydrogen-bond acceptors (Lipinski definition) is 4. The Hall–Kier alpha value is -2.26. The first-order valence-electron chi connectivity index (χ1n) is 9.29. The highest BCUT2D eigenvalue weighted by Gasteiger charge is 2.30. The minimum absolute atomic E-state index is 0.0682. The van der Waals surface area contributed by atoms with Gasteiger partial charge in [-0.25, -0.2) is 8.42 Å². The molecule has 0 saturated heterocycles. The van der Waals surface area contributed by atoms with E-state index in [2.05, 4.69) is 21.2 Å². The Kier molecular flexibility index (Phi) is 7.71. The standard InChI is InChI=1S/C22H19BrCl2N2O4S/c1-14-6-9-20(31-2)21(10-14)32(29,30)27(17-7-8-18(24)19(25)12-17)13-22(28)26-16-5-3-4-15(23)11-16/h3-12H,13H2,1-2H3,(H,26,28). The molecule has 1 amide bonds. The number of sulfonamides is 1. The quantitative estimate of drug-likeness (QED) is 0.392. The van der Waals surface area contributed by atoms with E-state index < -0.39 is 22.5 Å². The van der Waals surface area contributed by atoms with Crippen molar-refractivity contribution in [1.82, 2.24) is 0 Å². The van der Waals surface area contributed by atoms with Crippen molar-refractivity contribution < 1.29 is 17.9 Å². The molecule has 0 aliphatic rings. The number of aryl methyl sites for hydroxylation is 1. The summed E-state index contributed by atoms with van der Waals surface area (Å²) in [6.45, 7) is 1.27. The second-order valence-corrected chi connectivity index (χ2v) is 10.4. The molecule has 0 bridgehead atoms. The summed E-state index contributed by atoms with van der Waals surface area (Å²) in [5, 5.41) is 3.13. The zero-order valence-electron chi connectivity index (χ0n) is 17.1. The molecule has 168 valence electrons. The van der Waals surface area contributed by atoms with Crippen LogP contribution in [0.2, 0.25) is 10.0 Å². The SMILES string of the molecule is COc1ccc(C)cc1S(=O)(=O)N(CC(=O)Nc1cccc(Br)c1)c1ccc(Cl)c(Cl)c1. The molecule has 3 rings (SSSR count). The number of ether oxygens (including phenoxy) is 1. The number of carbonyl (C=O) groups is 1. The first-order chi connectivity index (χ1) is 15.1. The molecule has 1 N–H and O–H groups in total. The number of halogens is 3. The van der Waals surface area contributed by atoms with Gasteiger partial charge in [-0.15, -0.1) is 0 Å². The van der Waals surface area contributed by atoms with E-state index in [0.717, 1.165) is 14.3 Å². The van der Waals surface area contributed by atoms with Crippen LogP contribution in [-0.2, 0) is 14.8 Å². The second-order valence-electron chi connectivity index (χ2n) is 6.82. The molecule has 3 aromatic carbocycles. The van der Waals surface area contributed by atoms with Crippen LogP contribution in [0.3, 0.4) is 0 Å². The van der Waals surface area contributed by atoms with Gasteiger partial charge in [0, 0.05) is 10.2 Å². The number of amides is 1. The number of benzene rings is 3. The fourth-order valence-corrected chi connectivity index (χ4v) is 5.30. The molecule has 0 unspecified atom stereocenters. The number of nitrogens with one attached hydrogen (secondary N) is 1. The van der Waals surface area contributed by atoms with Gasteiger partial charge in [0.2, 0.25) is 5.91 Å². The Balaban J connectivity index is 2.05. The number of nitrogens with zero attached hydrogens (tertiary/aromatic N) is 1. The highest BCUT2D eigenvalue weighted by atomic mass is 79.9. The third-order valence-electron chi connectivity index (χ3n) is 4.47. The zero-order chi connectivity index (χ0) is 23.5. The van der Waals surface area contributed by atoms with Gasteiger partial charge in [0.05, 0.1) is 22.8 Å². The predicted molar refractivity (Wildman–Crippen MR) is 131 cm³/mol. The van der Waals surface area contributed by atoms with Crippen LogP contribution in [0.25, 0.3) is 0 Å². The van der Waals surface area contributed by atoms with Gasteiger partial charge in [-0.05, 0) is 61.0 Å². The van der Waals surface area contributed by atoms with Crippen LogP contribution in [0.4, 0.5) is 11.4 Å². The molecular formula is C22H19BrCl2N2O4S. The van der Waals surface area contributed by atoms with Crippen LogP contribution >= 0.6 is 39.1 Å². The van der Waals surface area contributed by atoms with Crippen molar-refractivity contribution in [2.24, 2.45) is 0 Å². The van der Waals surface area contributed by atoms with Crippen LogP contribution in [0.15, 0.2) is 70.0 Å². The lowest BCUT2D eigenvalue weighted by Gasteiger charge is -2.25. The molecule has 0 fully saturated rings. The second kappa shape index (κ2) is 10.1. The minimum atomic E-state index is -4.21. The zero-order valence-corrected chi connectivity index (χ0v) is 21.0. The first kappa shape index (κ1) is 24.4. The van der Waals surface area contributed by atoms with Crippen molar-refractivity contribution in [3.8, 4) is 5.75 Å². The smallest absolute Gasteiger partial charge is 0.268 e. The highest BCUT2D eigenvalue weighted by Crippen LogP contribution is 2.33. The summed E-state index contributed by atoms with van der Waals surface area (Å²) in [5.41, 5.74) is 1.42. The molecule has 0 heterocycles. The van der Waals surface area contributed by atoms with E-state index in [4.69, 9.17) is 27.9 Å².